The molecule has 128 valence electrons. The molecule has 3 rings (SSSR count). The maximum Gasteiger partial charge on any atom is 0.269 e. The lowest BCUT2D eigenvalue weighted by Gasteiger charge is -2.36. The summed E-state index contributed by atoms with van der Waals surface area (Å²) in [6.45, 7) is 5.33. The molecule has 0 bridgehead atoms. The monoisotopic (exact) mass is 318 g/mol. The van der Waals surface area contributed by atoms with Gasteiger partial charge in [-0.3, -0.25) is 9.48 Å². The number of aromatic nitrogens is 2. The number of amides is 1. The maximum absolute atomic E-state index is 12.5. The zero-order chi connectivity index (χ0) is 16.2. The number of carbonyl (C=O) groups excluding carboxylic acids is 1. The van der Waals surface area contributed by atoms with Crippen molar-refractivity contribution >= 4 is 5.91 Å². The van der Waals surface area contributed by atoms with E-state index >= 15 is 0 Å². The number of hydrogen-bond acceptors (Lipinski definition) is 3. The normalized spacial score (nSPS) is 23.8. The Bertz CT molecular complexity index is 533. The second-order valence-electron chi connectivity index (χ2n) is 7.37. The van der Waals surface area contributed by atoms with E-state index in [-0.39, 0.29) is 11.9 Å². The lowest BCUT2D eigenvalue weighted by atomic mass is 9.88. The molecule has 0 spiro atoms. The summed E-state index contributed by atoms with van der Waals surface area (Å²) in [5.41, 5.74) is 1.55. The summed E-state index contributed by atoms with van der Waals surface area (Å²) in [5.74, 6) is 0.885. The average molecular weight is 318 g/mol. The van der Waals surface area contributed by atoms with Gasteiger partial charge < -0.3 is 10.2 Å². The van der Waals surface area contributed by atoms with Gasteiger partial charge in [0, 0.05) is 26.2 Å². The van der Waals surface area contributed by atoms with Gasteiger partial charge >= 0.3 is 0 Å². The number of aryl methyl sites for hydroxylation is 2. The fourth-order valence-corrected chi connectivity index (χ4v) is 4.16. The van der Waals surface area contributed by atoms with Gasteiger partial charge in [-0.15, -0.1) is 0 Å². The third-order valence-electron chi connectivity index (χ3n) is 5.32. The van der Waals surface area contributed by atoms with Gasteiger partial charge in [-0.25, -0.2) is 0 Å². The second kappa shape index (κ2) is 7.47. The first-order valence-electron chi connectivity index (χ1n) is 9.15. The van der Waals surface area contributed by atoms with Crippen LogP contribution in [-0.2, 0) is 7.05 Å². The highest BCUT2D eigenvalue weighted by atomic mass is 16.2. The van der Waals surface area contributed by atoms with Crippen molar-refractivity contribution in [1.82, 2.24) is 20.0 Å². The summed E-state index contributed by atoms with van der Waals surface area (Å²) < 4.78 is 1.67. The summed E-state index contributed by atoms with van der Waals surface area (Å²) >= 11 is 0. The second-order valence-corrected chi connectivity index (χ2v) is 7.37. The van der Waals surface area contributed by atoms with Crippen LogP contribution in [0.1, 0.15) is 61.1 Å². The van der Waals surface area contributed by atoms with Crippen molar-refractivity contribution in [2.24, 2.45) is 13.0 Å². The number of piperidine rings is 1. The molecule has 1 aliphatic carbocycles. The van der Waals surface area contributed by atoms with Crippen molar-refractivity contribution in [3.63, 3.8) is 0 Å². The van der Waals surface area contributed by atoms with E-state index < -0.39 is 0 Å². The van der Waals surface area contributed by atoms with Crippen molar-refractivity contribution in [3.8, 4) is 0 Å². The standard InChI is InChI=1S/C18H30N4O/c1-14-11-17(21(2)20-14)18(23)19-16-9-6-10-22(13-16)12-15-7-4-3-5-8-15/h11,15-16H,3-10,12-13H2,1-2H3,(H,19,23). The molecule has 2 fully saturated rings. The van der Waals surface area contributed by atoms with Crippen LogP contribution in [0.3, 0.4) is 0 Å². The van der Waals surface area contributed by atoms with Gasteiger partial charge in [0.05, 0.1) is 5.69 Å². The largest absolute Gasteiger partial charge is 0.347 e. The number of likely N-dealkylation sites (tertiary alicyclic amines) is 1. The van der Waals surface area contributed by atoms with Gasteiger partial charge in [0.2, 0.25) is 0 Å². The van der Waals surface area contributed by atoms with Crippen molar-refractivity contribution in [3.05, 3.63) is 17.5 Å². The van der Waals surface area contributed by atoms with Crippen LogP contribution in [-0.4, -0.2) is 46.3 Å². The van der Waals surface area contributed by atoms with Crippen molar-refractivity contribution in [2.75, 3.05) is 19.6 Å². The Morgan fingerprint density at radius 1 is 1.26 bits per heavy atom. The quantitative estimate of drug-likeness (QED) is 0.928. The Kier molecular flexibility index (Phi) is 5.36. The van der Waals surface area contributed by atoms with Crippen LogP contribution < -0.4 is 5.32 Å². The molecule has 2 aliphatic rings. The minimum Gasteiger partial charge on any atom is -0.347 e. The van der Waals surface area contributed by atoms with E-state index in [0.717, 1.165) is 24.6 Å². The van der Waals surface area contributed by atoms with E-state index in [1.54, 1.807) is 4.68 Å². The molecule has 1 aromatic rings. The number of carbonyl (C=O) groups is 1. The molecule has 0 aromatic carbocycles. The minimum atomic E-state index is 0.0117. The Hall–Kier alpha value is -1.36. The molecule has 23 heavy (non-hydrogen) atoms. The molecule has 5 nitrogen and oxygen atoms in total. The molecule has 1 N–H and O–H groups in total. The summed E-state index contributed by atoms with van der Waals surface area (Å²) in [5, 5.41) is 7.48. The predicted molar refractivity (Wildman–Crippen MR) is 91.4 cm³/mol. The van der Waals surface area contributed by atoms with E-state index in [2.05, 4.69) is 15.3 Å². The molecule has 1 amide bonds. The van der Waals surface area contributed by atoms with Crippen LogP contribution in [0.2, 0.25) is 0 Å². The number of hydrogen-bond donors (Lipinski definition) is 1. The Labute approximate surface area is 139 Å². The van der Waals surface area contributed by atoms with Crippen LogP contribution >= 0.6 is 0 Å². The van der Waals surface area contributed by atoms with Gasteiger partial charge in [0.1, 0.15) is 5.69 Å². The topological polar surface area (TPSA) is 50.2 Å². The van der Waals surface area contributed by atoms with E-state index in [1.807, 2.05) is 20.0 Å². The van der Waals surface area contributed by atoms with Gasteiger partial charge in [-0.2, -0.15) is 5.10 Å². The lowest BCUT2D eigenvalue weighted by Crippen LogP contribution is -2.49. The zero-order valence-electron chi connectivity index (χ0n) is 14.6. The molecule has 1 aliphatic heterocycles. The summed E-state index contributed by atoms with van der Waals surface area (Å²) in [7, 11) is 1.83. The summed E-state index contributed by atoms with van der Waals surface area (Å²) in [4.78, 5) is 15.0. The molecule has 1 aromatic heterocycles. The first-order chi connectivity index (χ1) is 11.1. The van der Waals surface area contributed by atoms with Crippen LogP contribution in [0, 0.1) is 12.8 Å². The fourth-order valence-electron chi connectivity index (χ4n) is 4.16. The van der Waals surface area contributed by atoms with Crippen molar-refractivity contribution in [2.45, 2.75) is 57.9 Å². The average Bonchev–Trinajstić information content (AvgIpc) is 2.87. The highest BCUT2D eigenvalue weighted by Crippen LogP contribution is 2.25. The maximum atomic E-state index is 12.5. The third-order valence-corrected chi connectivity index (χ3v) is 5.32. The minimum absolute atomic E-state index is 0.0117. The van der Waals surface area contributed by atoms with Crippen LogP contribution in [0.5, 0.6) is 0 Å². The molecular weight excluding hydrogens is 288 g/mol. The lowest BCUT2D eigenvalue weighted by molar-refractivity contribution is 0.0880. The van der Waals surface area contributed by atoms with E-state index in [9.17, 15) is 4.79 Å². The smallest absolute Gasteiger partial charge is 0.269 e. The highest BCUT2D eigenvalue weighted by molar-refractivity contribution is 5.92. The Morgan fingerprint density at radius 2 is 2.04 bits per heavy atom. The number of nitrogens with zero attached hydrogens (tertiary/aromatic N) is 3. The molecule has 1 atom stereocenters. The van der Waals surface area contributed by atoms with Gasteiger partial charge in [0.25, 0.3) is 5.91 Å². The third kappa shape index (κ3) is 4.34. The molecule has 2 heterocycles. The van der Waals surface area contributed by atoms with Crippen LogP contribution in [0.25, 0.3) is 0 Å². The fraction of sp³-hybridized carbons (Fsp3) is 0.778. The number of rotatable bonds is 4. The summed E-state index contributed by atoms with van der Waals surface area (Å²) in [6, 6.07) is 2.13. The number of nitrogens with one attached hydrogen (secondary N) is 1. The van der Waals surface area contributed by atoms with Gasteiger partial charge in [-0.1, -0.05) is 19.3 Å². The molecule has 0 radical (unpaired) electrons. The highest BCUT2D eigenvalue weighted by Gasteiger charge is 2.25. The molecule has 1 saturated heterocycles. The summed E-state index contributed by atoms with van der Waals surface area (Å²) in [6.07, 6.45) is 9.27. The van der Waals surface area contributed by atoms with Crippen molar-refractivity contribution < 1.29 is 4.79 Å². The first-order valence-corrected chi connectivity index (χ1v) is 9.15. The van der Waals surface area contributed by atoms with Crippen LogP contribution in [0.15, 0.2) is 6.07 Å². The predicted octanol–water partition coefficient (Wildman–Crippen LogP) is 2.50. The molecule has 5 heteroatoms. The Balaban J connectivity index is 1.51. The van der Waals surface area contributed by atoms with Gasteiger partial charge in [0.15, 0.2) is 0 Å². The molecular formula is C18H30N4O. The van der Waals surface area contributed by atoms with E-state index in [4.69, 9.17) is 0 Å². The zero-order valence-corrected chi connectivity index (χ0v) is 14.6. The SMILES string of the molecule is Cc1cc(C(=O)NC2CCCN(CC3CCCCC3)C2)n(C)n1. The first kappa shape index (κ1) is 16.5. The van der Waals surface area contributed by atoms with E-state index in [0.29, 0.717) is 5.69 Å². The van der Waals surface area contributed by atoms with Crippen molar-refractivity contribution in [1.29, 1.82) is 0 Å². The van der Waals surface area contributed by atoms with Gasteiger partial charge in [-0.05, 0) is 51.1 Å². The Morgan fingerprint density at radius 3 is 2.74 bits per heavy atom. The van der Waals surface area contributed by atoms with Crippen LogP contribution in [0.4, 0.5) is 0 Å². The molecule has 1 unspecified atom stereocenters. The van der Waals surface area contributed by atoms with E-state index in [1.165, 1.54) is 51.6 Å². The molecule has 1 saturated carbocycles.